The highest BCUT2D eigenvalue weighted by Gasteiger charge is 2.18. The van der Waals surface area contributed by atoms with Crippen molar-refractivity contribution in [3.63, 3.8) is 0 Å². The topological polar surface area (TPSA) is 122 Å². The molecule has 4 N–H and O–H groups in total. The van der Waals surface area contributed by atoms with Gasteiger partial charge in [-0.3, -0.25) is 0 Å². The quantitative estimate of drug-likeness (QED) is 0.548. The highest BCUT2D eigenvalue weighted by Crippen LogP contribution is 2.11. The molecule has 1 amide bonds. The fourth-order valence-corrected chi connectivity index (χ4v) is 2.13. The summed E-state index contributed by atoms with van der Waals surface area (Å²) in [6.45, 7) is 0. The van der Waals surface area contributed by atoms with Crippen LogP contribution in [0.2, 0.25) is 5.02 Å². The molecule has 7 nitrogen and oxygen atoms in total. The Morgan fingerprint density at radius 3 is 2.45 bits per heavy atom. The van der Waals surface area contributed by atoms with Gasteiger partial charge in [-0.25, -0.2) is 13.2 Å². The van der Waals surface area contributed by atoms with Crippen LogP contribution in [0.1, 0.15) is 5.56 Å². The first-order valence-corrected chi connectivity index (χ1v) is 7.69. The second kappa shape index (κ2) is 6.58. The van der Waals surface area contributed by atoms with Crippen LogP contribution >= 0.6 is 11.6 Å². The first-order chi connectivity index (χ1) is 9.17. The predicted octanol–water partition coefficient (Wildman–Crippen LogP) is 0.836. The van der Waals surface area contributed by atoms with E-state index in [-0.39, 0.29) is 12.3 Å². The number of sulfonamides is 1. The maximum absolute atomic E-state index is 11.1. The fraction of sp³-hybridized carbons (Fsp3) is 0.273. The smallest absolute Gasteiger partial charge is 0.405 e. The van der Waals surface area contributed by atoms with Crippen LogP contribution in [0.4, 0.5) is 4.79 Å². The molecule has 1 aromatic rings. The Hall–Kier alpha value is -1.80. The summed E-state index contributed by atoms with van der Waals surface area (Å²) in [6, 6.07) is 5.71. The minimum absolute atomic E-state index is 0.161. The van der Waals surface area contributed by atoms with Crippen molar-refractivity contribution < 1.29 is 18.3 Å². The molecule has 0 heterocycles. The largest absolute Gasteiger partial charge is 0.465 e. The zero-order chi connectivity index (χ0) is 15.3. The number of nitrogens with zero attached hydrogens (tertiary/aromatic N) is 1. The summed E-state index contributed by atoms with van der Waals surface area (Å²) in [5.74, 6) is -0.315. The van der Waals surface area contributed by atoms with Gasteiger partial charge in [-0.15, -0.1) is 4.40 Å². The number of amides is 1. The van der Waals surface area contributed by atoms with Gasteiger partial charge >= 0.3 is 6.09 Å². The number of carboxylic acid groups (broad SMARTS) is 1. The standard InChI is InChI=1S/C11H14ClN3O4S/c1-20(18,19)15-10(13)9(14-11(16)17)6-7-2-4-8(12)5-3-7/h2-5,9,14H,6H2,1H3,(H2,13,15)(H,16,17)/t9-/m0/s1. The lowest BCUT2D eigenvalue weighted by molar-refractivity contribution is 0.192. The zero-order valence-corrected chi connectivity index (χ0v) is 12.1. The number of amidine groups is 1. The number of benzene rings is 1. The summed E-state index contributed by atoms with van der Waals surface area (Å²) >= 11 is 5.74. The van der Waals surface area contributed by atoms with Gasteiger partial charge in [-0.05, 0) is 17.7 Å². The number of rotatable bonds is 5. The van der Waals surface area contributed by atoms with Crippen molar-refractivity contribution >= 4 is 33.6 Å². The Morgan fingerprint density at radius 1 is 1.45 bits per heavy atom. The molecule has 0 spiro atoms. The van der Waals surface area contributed by atoms with E-state index in [9.17, 15) is 13.2 Å². The van der Waals surface area contributed by atoms with Crippen LogP contribution in [0.25, 0.3) is 0 Å². The van der Waals surface area contributed by atoms with Crippen molar-refractivity contribution in [3.05, 3.63) is 34.9 Å². The van der Waals surface area contributed by atoms with Crippen molar-refractivity contribution in [2.45, 2.75) is 12.5 Å². The molecule has 110 valence electrons. The minimum atomic E-state index is -3.69. The molecule has 0 aliphatic carbocycles. The van der Waals surface area contributed by atoms with E-state index >= 15 is 0 Å². The first kappa shape index (κ1) is 16.3. The molecule has 0 unspecified atom stereocenters. The average Bonchev–Trinajstić information content (AvgIpc) is 2.28. The van der Waals surface area contributed by atoms with Crippen molar-refractivity contribution in [3.8, 4) is 0 Å². The van der Waals surface area contributed by atoms with E-state index in [1.54, 1.807) is 24.3 Å². The lowest BCUT2D eigenvalue weighted by Gasteiger charge is -2.16. The van der Waals surface area contributed by atoms with Crippen LogP contribution in [-0.4, -0.2) is 37.8 Å². The molecule has 20 heavy (non-hydrogen) atoms. The number of carbonyl (C=O) groups is 1. The Labute approximate surface area is 121 Å². The molecule has 0 radical (unpaired) electrons. The van der Waals surface area contributed by atoms with Crippen LogP contribution in [0.5, 0.6) is 0 Å². The van der Waals surface area contributed by atoms with E-state index < -0.39 is 22.2 Å². The molecule has 0 fully saturated rings. The van der Waals surface area contributed by atoms with E-state index in [0.29, 0.717) is 5.02 Å². The Kier molecular flexibility index (Phi) is 5.34. The normalized spacial score (nSPS) is 13.8. The van der Waals surface area contributed by atoms with E-state index in [1.807, 2.05) is 0 Å². The SMILES string of the molecule is CS(=O)(=O)/N=C(\N)[C@H](Cc1ccc(Cl)cc1)NC(=O)O. The number of nitrogens with two attached hydrogens (primary N) is 1. The number of hydrogen-bond donors (Lipinski definition) is 3. The Balaban J connectivity index is 2.98. The van der Waals surface area contributed by atoms with Gasteiger partial charge in [0.15, 0.2) is 0 Å². The second-order valence-corrected chi connectivity index (χ2v) is 6.17. The fourth-order valence-electron chi connectivity index (χ4n) is 1.49. The number of halogens is 1. The predicted molar refractivity (Wildman–Crippen MR) is 76.6 cm³/mol. The molecule has 1 rings (SSSR count). The van der Waals surface area contributed by atoms with Gasteiger partial charge in [0, 0.05) is 11.4 Å². The third-order valence-corrected chi connectivity index (χ3v) is 3.07. The molecule has 0 aliphatic heterocycles. The van der Waals surface area contributed by atoms with E-state index in [4.69, 9.17) is 22.4 Å². The van der Waals surface area contributed by atoms with Gasteiger partial charge in [0.25, 0.3) is 10.0 Å². The average molecular weight is 320 g/mol. The molecular formula is C11H14ClN3O4S. The van der Waals surface area contributed by atoms with Crippen LogP contribution in [0.15, 0.2) is 28.7 Å². The number of nitrogens with one attached hydrogen (secondary N) is 1. The highest BCUT2D eigenvalue weighted by molar-refractivity contribution is 7.89. The molecule has 1 aromatic carbocycles. The van der Waals surface area contributed by atoms with Crippen molar-refractivity contribution in [1.82, 2.24) is 5.32 Å². The third kappa shape index (κ3) is 5.89. The lowest BCUT2D eigenvalue weighted by atomic mass is 10.1. The Bertz CT molecular complexity index is 613. The van der Waals surface area contributed by atoms with E-state index in [1.165, 1.54) is 0 Å². The van der Waals surface area contributed by atoms with Gasteiger partial charge in [0.1, 0.15) is 5.84 Å². The summed E-state index contributed by atoms with van der Waals surface area (Å²) in [4.78, 5) is 10.7. The first-order valence-electron chi connectivity index (χ1n) is 5.46. The summed E-state index contributed by atoms with van der Waals surface area (Å²) in [7, 11) is -3.69. The van der Waals surface area contributed by atoms with Gasteiger partial charge in [0.2, 0.25) is 0 Å². The van der Waals surface area contributed by atoms with Crippen LogP contribution in [0.3, 0.4) is 0 Å². The lowest BCUT2D eigenvalue weighted by Crippen LogP contribution is -2.45. The van der Waals surface area contributed by atoms with Gasteiger partial charge in [-0.2, -0.15) is 0 Å². The van der Waals surface area contributed by atoms with Crippen LogP contribution < -0.4 is 11.1 Å². The molecule has 9 heteroatoms. The summed E-state index contributed by atoms with van der Waals surface area (Å²) < 4.78 is 25.4. The number of hydrogen-bond acceptors (Lipinski definition) is 3. The molecule has 0 aromatic heterocycles. The van der Waals surface area contributed by atoms with Crippen molar-refractivity contribution in [1.29, 1.82) is 0 Å². The van der Waals surface area contributed by atoms with Crippen LogP contribution in [-0.2, 0) is 16.4 Å². The Morgan fingerprint density at radius 2 is 2.00 bits per heavy atom. The van der Waals surface area contributed by atoms with Crippen molar-refractivity contribution in [2.24, 2.45) is 10.1 Å². The van der Waals surface area contributed by atoms with E-state index in [0.717, 1.165) is 11.8 Å². The molecule has 0 aliphatic rings. The monoisotopic (exact) mass is 319 g/mol. The molecular weight excluding hydrogens is 306 g/mol. The molecule has 0 saturated carbocycles. The highest BCUT2D eigenvalue weighted by atomic mass is 35.5. The molecule has 0 bridgehead atoms. The third-order valence-electron chi connectivity index (χ3n) is 2.28. The minimum Gasteiger partial charge on any atom is -0.465 e. The molecule has 0 saturated heterocycles. The van der Waals surface area contributed by atoms with Gasteiger partial charge in [-0.1, -0.05) is 23.7 Å². The van der Waals surface area contributed by atoms with Gasteiger partial charge in [0.05, 0.1) is 12.3 Å². The molecule has 1 atom stereocenters. The zero-order valence-electron chi connectivity index (χ0n) is 10.6. The van der Waals surface area contributed by atoms with Gasteiger partial charge < -0.3 is 16.2 Å². The second-order valence-electron chi connectivity index (χ2n) is 4.08. The van der Waals surface area contributed by atoms with Crippen LogP contribution in [0, 0.1) is 0 Å². The summed E-state index contributed by atoms with van der Waals surface area (Å²) in [5.41, 5.74) is 6.28. The van der Waals surface area contributed by atoms with E-state index in [2.05, 4.69) is 9.71 Å². The summed E-state index contributed by atoms with van der Waals surface area (Å²) in [6.07, 6.45) is -0.287. The van der Waals surface area contributed by atoms with Crippen molar-refractivity contribution in [2.75, 3.05) is 6.26 Å². The maximum atomic E-state index is 11.1. The maximum Gasteiger partial charge on any atom is 0.405 e. The summed E-state index contributed by atoms with van der Waals surface area (Å²) in [5, 5.41) is 11.4.